The predicted octanol–water partition coefficient (Wildman–Crippen LogP) is 3.26. The number of aryl methyl sites for hydroxylation is 2. The molecule has 1 aliphatic heterocycles. The molecule has 2 heterocycles. The lowest BCUT2D eigenvalue weighted by atomic mass is 9.88. The molecule has 0 spiro atoms. The number of nitrogens with one attached hydrogen (secondary N) is 2. The van der Waals surface area contributed by atoms with Gasteiger partial charge in [-0.3, -0.25) is 4.79 Å². The van der Waals surface area contributed by atoms with E-state index in [4.69, 9.17) is 4.74 Å². The Hall–Kier alpha value is -2.10. The number of ether oxygens (including phenoxy) is 1. The van der Waals surface area contributed by atoms with Crippen molar-refractivity contribution in [3.63, 3.8) is 0 Å². The summed E-state index contributed by atoms with van der Waals surface area (Å²) in [5, 5.41) is 17.5. The third kappa shape index (κ3) is 5.93. The Morgan fingerprint density at radius 2 is 2.06 bits per heavy atom. The molecule has 1 saturated heterocycles. The molecule has 3 N–H and O–H groups in total. The first-order valence-electron chi connectivity index (χ1n) is 11.9. The van der Waals surface area contributed by atoms with Gasteiger partial charge in [-0.2, -0.15) is 0 Å². The Kier molecular flexibility index (Phi) is 7.54. The summed E-state index contributed by atoms with van der Waals surface area (Å²) in [4.78, 5) is 14.4. The van der Waals surface area contributed by atoms with Crippen molar-refractivity contribution in [3.8, 4) is 5.75 Å². The number of carbonyl (C=O) groups is 1. The minimum absolute atomic E-state index is 0.000594. The van der Waals surface area contributed by atoms with Crippen LogP contribution in [0.1, 0.15) is 51.7 Å². The van der Waals surface area contributed by atoms with E-state index in [1.54, 1.807) is 11.3 Å². The van der Waals surface area contributed by atoms with Gasteiger partial charge in [0.2, 0.25) is 0 Å². The van der Waals surface area contributed by atoms with Gasteiger partial charge in [0.1, 0.15) is 23.5 Å². The average Bonchev–Trinajstić information content (AvgIpc) is 3.31. The molecule has 34 heavy (non-hydrogen) atoms. The lowest BCUT2D eigenvalue weighted by molar-refractivity contribution is 0.0940. The molecule has 3 unspecified atom stereocenters. The predicted molar refractivity (Wildman–Crippen MR) is 136 cm³/mol. The van der Waals surface area contributed by atoms with E-state index in [2.05, 4.69) is 17.6 Å². The number of hydrogen-bond acceptors (Lipinski definition) is 7. The van der Waals surface area contributed by atoms with Crippen molar-refractivity contribution < 1.29 is 23.1 Å². The number of aliphatic hydroxyl groups is 1. The molecule has 1 aliphatic carbocycles. The van der Waals surface area contributed by atoms with Gasteiger partial charge in [0, 0.05) is 17.5 Å². The summed E-state index contributed by atoms with van der Waals surface area (Å²) in [6.07, 6.45) is 2.48. The van der Waals surface area contributed by atoms with Gasteiger partial charge in [0.05, 0.1) is 17.1 Å². The van der Waals surface area contributed by atoms with Crippen LogP contribution in [0.5, 0.6) is 5.75 Å². The SMILES string of the molecule is Cc1ccc(OCC(O)CNc2sc3c(c2C(=O)NC2CCS(=O)(=O)C2)CCC(C)C3)cc1C. The Morgan fingerprint density at radius 1 is 1.26 bits per heavy atom. The fraction of sp³-hybridized carbons (Fsp3) is 0.560. The monoisotopic (exact) mass is 506 g/mol. The molecule has 0 bridgehead atoms. The van der Waals surface area contributed by atoms with Crippen LogP contribution in [0, 0.1) is 19.8 Å². The van der Waals surface area contributed by atoms with Gasteiger partial charge < -0.3 is 20.5 Å². The van der Waals surface area contributed by atoms with Crippen molar-refractivity contribution >= 4 is 32.1 Å². The first-order valence-corrected chi connectivity index (χ1v) is 14.5. The van der Waals surface area contributed by atoms with Crippen molar-refractivity contribution in [1.29, 1.82) is 0 Å². The zero-order valence-corrected chi connectivity index (χ0v) is 21.7. The first kappa shape index (κ1) is 25.0. The Balaban J connectivity index is 1.43. The molecule has 0 radical (unpaired) electrons. The van der Waals surface area contributed by atoms with Crippen molar-refractivity contribution in [2.75, 3.05) is 30.0 Å². The number of thiophene rings is 1. The van der Waals surface area contributed by atoms with Crippen LogP contribution in [0.2, 0.25) is 0 Å². The average molecular weight is 507 g/mol. The van der Waals surface area contributed by atoms with Crippen molar-refractivity contribution in [3.05, 3.63) is 45.3 Å². The number of aliphatic hydroxyl groups excluding tert-OH is 1. The van der Waals surface area contributed by atoms with Crippen LogP contribution >= 0.6 is 11.3 Å². The smallest absolute Gasteiger partial charge is 0.254 e. The quantitative estimate of drug-likeness (QED) is 0.508. The molecule has 0 saturated carbocycles. The summed E-state index contributed by atoms with van der Waals surface area (Å²) in [5.74, 6) is 1.17. The van der Waals surface area contributed by atoms with Crippen LogP contribution in [0.3, 0.4) is 0 Å². The Morgan fingerprint density at radius 3 is 2.76 bits per heavy atom. The van der Waals surface area contributed by atoms with Crippen LogP contribution in [-0.4, -0.2) is 56.2 Å². The van der Waals surface area contributed by atoms with E-state index < -0.39 is 15.9 Å². The van der Waals surface area contributed by atoms with E-state index in [9.17, 15) is 18.3 Å². The highest BCUT2D eigenvalue weighted by atomic mass is 32.2. The van der Waals surface area contributed by atoms with E-state index in [1.165, 1.54) is 10.4 Å². The molecule has 9 heteroatoms. The van der Waals surface area contributed by atoms with Gasteiger partial charge in [-0.25, -0.2) is 8.42 Å². The molecular weight excluding hydrogens is 472 g/mol. The van der Waals surface area contributed by atoms with Crippen molar-refractivity contribution in [1.82, 2.24) is 5.32 Å². The third-order valence-electron chi connectivity index (χ3n) is 6.73. The largest absolute Gasteiger partial charge is 0.491 e. The normalized spacial score (nSPS) is 22.1. The number of benzene rings is 1. The molecule has 3 atom stereocenters. The molecule has 7 nitrogen and oxygen atoms in total. The minimum Gasteiger partial charge on any atom is -0.491 e. The van der Waals surface area contributed by atoms with E-state index >= 15 is 0 Å². The number of sulfone groups is 1. The van der Waals surface area contributed by atoms with Crippen LogP contribution in [0.25, 0.3) is 0 Å². The summed E-state index contributed by atoms with van der Waals surface area (Å²) in [6, 6.07) is 5.49. The number of hydrogen-bond donors (Lipinski definition) is 3. The zero-order chi connectivity index (χ0) is 24.5. The summed E-state index contributed by atoms with van der Waals surface area (Å²) < 4.78 is 29.4. The maximum absolute atomic E-state index is 13.2. The molecule has 1 fully saturated rings. The lowest BCUT2D eigenvalue weighted by Crippen LogP contribution is -2.36. The topological polar surface area (TPSA) is 105 Å². The summed E-state index contributed by atoms with van der Waals surface area (Å²) >= 11 is 1.57. The molecule has 2 aromatic rings. The highest BCUT2D eigenvalue weighted by molar-refractivity contribution is 7.91. The summed E-state index contributed by atoms with van der Waals surface area (Å²) in [6.45, 7) is 6.66. The first-order chi connectivity index (χ1) is 16.1. The minimum atomic E-state index is -3.08. The molecule has 1 amide bonds. The van der Waals surface area contributed by atoms with Crippen molar-refractivity contribution in [2.45, 2.75) is 58.6 Å². The second-order valence-corrected chi connectivity index (χ2v) is 13.1. The molecule has 4 rings (SSSR count). The van der Waals surface area contributed by atoms with Crippen LogP contribution in [0.15, 0.2) is 18.2 Å². The van der Waals surface area contributed by atoms with Gasteiger partial charge in [-0.1, -0.05) is 13.0 Å². The number of carbonyl (C=O) groups excluding carboxylic acids is 1. The van der Waals surface area contributed by atoms with Gasteiger partial charge in [0.25, 0.3) is 5.91 Å². The fourth-order valence-electron chi connectivity index (χ4n) is 4.55. The van der Waals surface area contributed by atoms with Crippen LogP contribution < -0.4 is 15.4 Å². The zero-order valence-electron chi connectivity index (χ0n) is 20.0. The highest BCUT2D eigenvalue weighted by Gasteiger charge is 2.32. The number of amides is 1. The lowest BCUT2D eigenvalue weighted by Gasteiger charge is -2.19. The second kappa shape index (κ2) is 10.3. The van der Waals surface area contributed by atoms with Crippen LogP contribution in [0.4, 0.5) is 5.00 Å². The molecular formula is C25H34N2O5S2. The van der Waals surface area contributed by atoms with E-state index in [-0.39, 0.29) is 36.6 Å². The van der Waals surface area contributed by atoms with Gasteiger partial charge in [-0.05, 0) is 74.3 Å². The van der Waals surface area contributed by atoms with Crippen molar-refractivity contribution in [2.24, 2.45) is 5.92 Å². The summed E-state index contributed by atoms with van der Waals surface area (Å²) in [5.41, 5.74) is 3.99. The summed E-state index contributed by atoms with van der Waals surface area (Å²) in [7, 11) is -3.08. The maximum atomic E-state index is 13.2. The highest BCUT2D eigenvalue weighted by Crippen LogP contribution is 2.39. The van der Waals surface area contributed by atoms with E-state index in [0.717, 1.165) is 35.4 Å². The Bertz CT molecular complexity index is 1160. The number of anilines is 1. The third-order valence-corrected chi connectivity index (χ3v) is 9.71. The van der Waals surface area contributed by atoms with Gasteiger partial charge in [0.15, 0.2) is 9.84 Å². The number of fused-ring (bicyclic) bond motifs is 1. The molecule has 1 aromatic heterocycles. The Labute approximate surface area is 205 Å². The fourth-order valence-corrected chi connectivity index (χ4v) is 7.64. The molecule has 2 aliphatic rings. The van der Waals surface area contributed by atoms with Crippen LogP contribution in [-0.2, 0) is 22.7 Å². The number of rotatable bonds is 8. The van der Waals surface area contributed by atoms with Gasteiger partial charge >= 0.3 is 0 Å². The molecule has 186 valence electrons. The maximum Gasteiger partial charge on any atom is 0.254 e. The van der Waals surface area contributed by atoms with E-state index in [0.29, 0.717) is 23.7 Å². The second-order valence-electron chi connectivity index (χ2n) is 9.72. The standard InChI is InChI=1S/C25H34N2O5S2/c1-15-4-7-21-22(10-15)33-25(23(21)24(29)27-18-8-9-34(30,31)14-18)26-12-19(28)13-32-20-6-5-16(2)17(3)11-20/h5-6,11,15,18-19,26,28H,4,7-10,12-14H2,1-3H3,(H,27,29). The van der Waals surface area contributed by atoms with Gasteiger partial charge in [-0.15, -0.1) is 11.3 Å². The molecule has 1 aromatic carbocycles. The van der Waals surface area contributed by atoms with E-state index in [1.807, 2.05) is 32.0 Å².